The summed E-state index contributed by atoms with van der Waals surface area (Å²) < 4.78 is 0. The highest BCUT2D eigenvalue weighted by Gasteiger charge is 2.20. The van der Waals surface area contributed by atoms with Gasteiger partial charge in [0, 0.05) is 17.2 Å². The van der Waals surface area contributed by atoms with Crippen LogP contribution in [0.2, 0.25) is 10.0 Å². The molecule has 0 aliphatic rings. The molecule has 3 rings (SSSR count). The van der Waals surface area contributed by atoms with Crippen molar-refractivity contribution in [2.45, 2.75) is 0 Å². The Bertz CT molecular complexity index is 1080. The summed E-state index contributed by atoms with van der Waals surface area (Å²) in [5, 5.41) is 21.5. The number of hydrogen-bond acceptors (Lipinski definition) is 5. The van der Waals surface area contributed by atoms with Crippen LogP contribution in [0, 0.1) is 21.4 Å². The zero-order valence-electron chi connectivity index (χ0n) is 13.1. The predicted molar refractivity (Wildman–Crippen MR) is 101 cm³/mol. The molecule has 0 amide bonds. The van der Waals surface area contributed by atoms with Crippen molar-refractivity contribution in [1.82, 2.24) is 4.98 Å². The average molecular weight is 385 g/mol. The van der Waals surface area contributed by atoms with Crippen LogP contribution in [0.25, 0.3) is 22.4 Å². The van der Waals surface area contributed by atoms with E-state index in [0.29, 0.717) is 26.9 Å². The second-order valence-corrected chi connectivity index (χ2v) is 6.14. The second kappa shape index (κ2) is 7.00. The molecule has 0 aliphatic heterocycles. The summed E-state index contributed by atoms with van der Waals surface area (Å²) in [7, 11) is 0. The maximum atomic E-state index is 11.4. The van der Waals surface area contributed by atoms with E-state index in [9.17, 15) is 15.4 Å². The van der Waals surface area contributed by atoms with E-state index in [4.69, 9.17) is 28.9 Å². The minimum Gasteiger partial charge on any atom is -0.383 e. The summed E-state index contributed by atoms with van der Waals surface area (Å²) in [6.07, 6.45) is 0. The van der Waals surface area contributed by atoms with Gasteiger partial charge in [0.1, 0.15) is 17.5 Å². The van der Waals surface area contributed by atoms with Crippen LogP contribution in [-0.2, 0) is 0 Å². The first-order valence-corrected chi connectivity index (χ1v) is 8.07. The first kappa shape index (κ1) is 17.7. The summed E-state index contributed by atoms with van der Waals surface area (Å²) in [4.78, 5) is 15.1. The number of aromatic nitrogens is 1. The molecular weight excluding hydrogens is 375 g/mol. The third kappa shape index (κ3) is 3.18. The van der Waals surface area contributed by atoms with Gasteiger partial charge in [0.2, 0.25) is 0 Å². The smallest absolute Gasteiger partial charge is 0.277 e. The minimum atomic E-state index is -0.508. The topological polar surface area (TPSA) is 106 Å². The summed E-state index contributed by atoms with van der Waals surface area (Å²) in [6, 6.07) is 14.6. The van der Waals surface area contributed by atoms with Crippen molar-refractivity contribution < 1.29 is 4.92 Å². The summed E-state index contributed by atoms with van der Waals surface area (Å²) in [5.74, 6) is -0.0239. The van der Waals surface area contributed by atoms with Gasteiger partial charge in [0.25, 0.3) is 5.69 Å². The number of hydrogen-bond donors (Lipinski definition) is 1. The standard InChI is InChI=1S/C18H10Cl2N4O2/c19-14-6-5-10(7-15(14)20)16-8-12(13(9-21)18(22)23-16)11-3-1-2-4-17(11)24(25)26/h1-8H,(H2,22,23). The molecule has 0 unspecified atom stereocenters. The Morgan fingerprint density at radius 3 is 2.46 bits per heavy atom. The van der Waals surface area contributed by atoms with Crippen molar-refractivity contribution in [3.8, 4) is 28.5 Å². The monoisotopic (exact) mass is 384 g/mol. The normalized spacial score (nSPS) is 10.3. The Labute approximate surface area is 158 Å². The van der Waals surface area contributed by atoms with Crippen LogP contribution in [-0.4, -0.2) is 9.91 Å². The fourth-order valence-electron chi connectivity index (χ4n) is 2.56. The molecule has 0 fully saturated rings. The molecule has 0 saturated heterocycles. The minimum absolute atomic E-state index is 0.0239. The van der Waals surface area contributed by atoms with Gasteiger partial charge < -0.3 is 5.73 Å². The first-order valence-electron chi connectivity index (χ1n) is 7.32. The summed E-state index contributed by atoms with van der Waals surface area (Å²) in [5.41, 5.74) is 7.54. The van der Waals surface area contributed by atoms with Gasteiger partial charge in [0.05, 0.1) is 26.2 Å². The van der Waals surface area contributed by atoms with E-state index in [1.807, 2.05) is 6.07 Å². The third-order valence-corrected chi connectivity index (χ3v) is 4.50. The number of pyridine rings is 1. The number of nitrogens with zero attached hydrogens (tertiary/aromatic N) is 3. The average Bonchev–Trinajstić information content (AvgIpc) is 2.63. The number of halogens is 2. The third-order valence-electron chi connectivity index (χ3n) is 3.77. The van der Waals surface area contributed by atoms with Crippen molar-refractivity contribution in [1.29, 1.82) is 5.26 Å². The van der Waals surface area contributed by atoms with Gasteiger partial charge in [-0.25, -0.2) is 4.98 Å². The van der Waals surface area contributed by atoms with Gasteiger partial charge in [0.15, 0.2) is 0 Å². The molecule has 6 nitrogen and oxygen atoms in total. The lowest BCUT2D eigenvalue weighted by Gasteiger charge is -2.11. The van der Waals surface area contributed by atoms with E-state index in [1.165, 1.54) is 6.07 Å². The number of rotatable bonds is 3. The maximum absolute atomic E-state index is 11.4. The van der Waals surface area contributed by atoms with Gasteiger partial charge in [-0.15, -0.1) is 0 Å². The van der Waals surface area contributed by atoms with Crippen molar-refractivity contribution in [3.05, 3.63) is 74.3 Å². The van der Waals surface area contributed by atoms with Gasteiger partial charge in [-0.2, -0.15) is 5.26 Å². The lowest BCUT2D eigenvalue weighted by molar-refractivity contribution is -0.384. The Kier molecular flexibility index (Phi) is 4.76. The first-order chi connectivity index (χ1) is 12.4. The highest BCUT2D eigenvalue weighted by atomic mass is 35.5. The van der Waals surface area contributed by atoms with E-state index in [2.05, 4.69) is 4.98 Å². The van der Waals surface area contributed by atoms with E-state index < -0.39 is 4.92 Å². The molecule has 3 aromatic rings. The fraction of sp³-hybridized carbons (Fsp3) is 0. The van der Waals surface area contributed by atoms with Crippen LogP contribution in [0.15, 0.2) is 48.5 Å². The highest BCUT2D eigenvalue weighted by molar-refractivity contribution is 6.42. The van der Waals surface area contributed by atoms with Crippen LogP contribution >= 0.6 is 23.2 Å². The van der Waals surface area contributed by atoms with Gasteiger partial charge in [-0.05, 0) is 24.3 Å². The molecule has 8 heteroatoms. The number of anilines is 1. The maximum Gasteiger partial charge on any atom is 0.277 e. The van der Waals surface area contributed by atoms with E-state index in [0.717, 1.165) is 0 Å². The van der Waals surface area contributed by atoms with Gasteiger partial charge >= 0.3 is 0 Å². The molecule has 2 N–H and O–H groups in total. The fourth-order valence-corrected chi connectivity index (χ4v) is 2.86. The zero-order chi connectivity index (χ0) is 18.8. The van der Waals surface area contributed by atoms with Crippen molar-refractivity contribution in [3.63, 3.8) is 0 Å². The summed E-state index contributed by atoms with van der Waals surface area (Å²) in [6.45, 7) is 0. The molecular formula is C18H10Cl2N4O2. The van der Waals surface area contributed by atoms with Crippen LogP contribution in [0.4, 0.5) is 11.5 Å². The second-order valence-electron chi connectivity index (χ2n) is 5.33. The molecule has 1 heterocycles. The number of nitro groups is 1. The van der Waals surface area contributed by atoms with Gasteiger partial charge in [-0.3, -0.25) is 10.1 Å². The number of nitrogens with two attached hydrogens (primary N) is 1. The number of nitriles is 1. The number of nitrogen functional groups attached to an aromatic ring is 1. The largest absolute Gasteiger partial charge is 0.383 e. The molecule has 1 aromatic heterocycles. The number of nitro benzene ring substituents is 1. The molecule has 0 aliphatic carbocycles. The SMILES string of the molecule is N#Cc1c(-c2ccccc2[N+](=O)[O-])cc(-c2ccc(Cl)c(Cl)c2)nc1N. The van der Waals surface area contributed by atoms with Crippen LogP contribution in [0.3, 0.4) is 0 Å². The Balaban J connectivity index is 2.29. The quantitative estimate of drug-likeness (QED) is 0.500. The molecule has 0 saturated carbocycles. The summed E-state index contributed by atoms with van der Waals surface area (Å²) >= 11 is 12.0. The predicted octanol–water partition coefficient (Wildman–Crippen LogP) is 5.08. The van der Waals surface area contributed by atoms with Crippen LogP contribution in [0.5, 0.6) is 0 Å². The molecule has 0 atom stereocenters. The molecule has 0 spiro atoms. The number of benzene rings is 2. The molecule has 128 valence electrons. The van der Waals surface area contributed by atoms with Crippen molar-refractivity contribution >= 4 is 34.7 Å². The highest BCUT2D eigenvalue weighted by Crippen LogP contribution is 2.37. The Morgan fingerprint density at radius 1 is 1.08 bits per heavy atom. The molecule has 26 heavy (non-hydrogen) atoms. The lowest BCUT2D eigenvalue weighted by Crippen LogP contribution is -2.01. The van der Waals surface area contributed by atoms with Crippen LogP contribution in [0.1, 0.15) is 5.56 Å². The van der Waals surface area contributed by atoms with Crippen molar-refractivity contribution in [2.75, 3.05) is 5.73 Å². The molecule has 0 bridgehead atoms. The van der Waals surface area contributed by atoms with Crippen LogP contribution < -0.4 is 5.73 Å². The van der Waals surface area contributed by atoms with Crippen molar-refractivity contribution in [2.24, 2.45) is 0 Å². The number of para-hydroxylation sites is 1. The Hall–Kier alpha value is -3.14. The van der Waals surface area contributed by atoms with E-state index >= 15 is 0 Å². The molecule has 2 aromatic carbocycles. The van der Waals surface area contributed by atoms with E-state index in [-0.39, 0.29) is 22.6 Å². The van der Waals surface area contributed by atoms with E-state index in [1.54, 1.807) is 42.5 Å². The molecule has 0 radical (unpaired) electrons. The Morgan fingerprint density at radius 2 is 1.81 bits per heavy atom. The van der Waals surface area contributed by atoms with Gasteiger partial charge in [-0.1, -0.05) is 41.4 Å². The zero-order valence-corrected chi connectivity index (χ0v) is 14.6. The lowest BCUT2D eigenvalue weighted by atomic mass is 9.97.